The summed E-state index contributed by atoms with van der Waals surface area (Å²) in [6.07, 6.45) is -0.273. The first-order chi connectivity index (χ1) is 18.9. The molecule has 222 valence electrons. The van der Waals surface area contributed by atoms with E-state index in [0.29, 0.717) is 51.9 Å². The number of alkyl halides is 3. The number of likely N-dealkylation sites (tertiary alicyclic amines) is 1. The van der Waals surface area contributed by atoms with Crippen LogP contribution < -0.4 is 4.90 Å². The summed E-state index contributed by atoms with van der Waals surface area (Å²) in [6, 6.07) is 3.59. The van der Waals surface area contributed by atoms with Crippen molar-refractivity contribution in [1.29, 1.82) is 0 Å². The zero-order chi connectivity index (χ0) is 28.8. The van der Waals surface area contributed by atoms with Gasteiger partial charge in [-0.1, -0.05) is 0 Å². The summed E-state index contributed by atoms with van der Waals surface area (Å²) in [5.74, 6) is -1.84. The quantitative estimate of drug-likeness (QED) is 0.492. The Kier molecular flexibility index (Phi) is 8.08. The van der Waals surface area contributed by atoms with Crippen LogP contribution in [0.2, 0.25) is 0 Å². The van der Waals surface area contributed by atoms with E-state index in [1.807, 2.05) is 19.0 Å². The van der Waals surface area contributed by atoms with E-state index in [1.54, 1.807) is 24.3 Å². The Morgan fingerprint density at radius 1 is 0.925 bits per heavy atom. The lowest BCUT2D eigenvalue weighted by atomic mass is 9.74. The van der Waals surface area contributed by atoms with Crippen LogP contribution in [0.1, 0.15) is 44.9 Å². The van der Waals surface area contributed by atoms with E-state index in [0.717, 1.165) is 24.9 Å². The number of hydrogen-bond donors (Lipinski definition) is 0. The van der Waals surface area contributed by atoms with Gasteiger partial charge < -0.3 is 9.80 Å². The zero-order valence-electron chi connectivity index (χ0n) is 23.1. The number of benzene rings is 1. The van der Waals surface area contributed by atoms with Crippen molar-refractivity contribution in [1.82, 2.24) is 14.2 Å². The van der Waals surface area contributed by atoms with Crippen molar-refractivity contribution in [2.75, 3.05) is 51.7 Å². The summed E-state index contributed by atoms with van der Waals surface area (Å²) in [5.41, 5.74) is 0.900. The van der Waals surface area contributed by atoms with Gasteiger partial charge in [-0.05, 0) is 81.0 Å². The van der Waals surface area contributed by atoms with Gasteiger partial charge in [0.2, 0.25) is 15.9 Å². The molecule has 4 heterocycles. The lowest BCUT2D eigenvalue weighted by molar-refractivity contribution is -0.735. The first kappa shape index (κ1) is 29.1. The highest BCUT2D eigenvalue weighted by atomic mass is 32.2. The predicted octanol–water partition coefficient (Wildman–Crippen LogP) is 3.50. The molecule has 0 N–H and O–H groups in total. The molecule has 0 saturated carbocycles. The normalized spacial score (nSPS) is 29.0. The van der Waals surface area contributed by atoms with Gasteiger partial charge in [-0.15, -0.1) is 5.01 Å². The summed E-state index contributed by atoms with van der Waals surface area (Å²) in [5, 5.41) is 1.23. The zero-order valence-corrected chi connectivity index (χ0v) is 23.9. The minimum Gasteiger partial charge on any atom is -0.378 e. The molecule has 0 radical (unpaired) electrons. The van der Waals surface area contributed by atoms with Crippen molar-refractivity contribution < 1.29 is 31.3 Å². The molecule has 0 bridgehead atoms. The number of piperidine rings is 3. The SMILES string of the molecule is CN(C)c1ccc(S(=O)(=O)N2CCC(C3CCN4C(C3)C(C(=O)N3CCCCC3)C(C(F)(F)F)[N+]4=O)CC2)cc1. The molecule has 1 aromatic rings. The summed E-state index contributed by atoms with van der Waals surface area (Å²) in [6.45, 7) is 1.70. The maximum absolute atomic E-state index is 14.1. The molecule has 4 fully saturated rings. The number of rotatable bonds is 5. The second kappa shape index (κ2) is 11.1. The third-order valence-corrected chi connectivity index (χ3v) is 11.3. The van der Waals surface area contributed by atoms with Crippen molar-refractivity contribution in [3.8, 4) is 0 Å². The first-order valence-corrected chi connectivity index (χ1v) is 15.7. The lowest BCUT2D eigenvalue weighted by Crippen LogP contribution is -2.51. The summed E-state index contributed by atoms with van der Waals surface area (Å²) in [7, 11) is 0.113. The average molecular weight is 587 g/mol. The molecule has 1 aromatic carbocycles. The van der Waals surface area contributed by atoms with Crippen LogP contribution in [0, 0.1) is 22.7 Å². The smallest absolute Gasteiger partial charge is 0.378 e. The van der Waals surface area contributed by atoms with E-state index in [-0.39, 0.29) is 28.1 Å². The third-order valence-electron chi connectivity index (χ3n) is 9.35. The van der Waals surface area contributed by atoms with Crippen LogP contribution in [0.5, 0.6) is 0 Å². The highest BCUT2D eigenvalue weighted by Crippen LogP contribution is 2.46. The largest absolute Gasteiger partial charge is 0.460 e. The number of anilines is 1. The standard InChI is InChI=1S/C27H39F3N5O4S/c1-31(2)21-6-8-22(9-7-21)40(38,39)33-15-10-19(11-16-33)20-12-17-34-23(18-20)24(25(35(34)37)27(28,29)30)26(36)32-13-4-3-5-14-32/h6-9,19-20,23-25H,3-5,10-18H2,1-2H3/q+1. The number of halogens is 3. The van der Waals surface area contributed by atoms with Crippen LogP contribution >= 0.6 is 0 Å². The van der Waals surface area contributed by atoms with E-state index in [9.17, 15) is 31.3 Å². The summed E-state index contributed by atoms with van der Waals surface area (Å²) < 4.78 is 70.4. The van der Waals surface area contributed by atoms with Gasteiger partial charge in [-0.25, -0.2) is 8.42 Å². The van der Waals surface area contributed by atoms with Crippen LogP contribution in [0.3, 0.4) is 0 Å². The summed E-state index contributed by atoms with van der Waals surface area (Å²) >= 11 is 0. The third kappa shape index (κ3) is 5.43. The molecule has 0 aromatic heterocycles. The minimum absolute atomic E-state index is 0.0301. The average Bonchev–Trinajstić information content (AvgIpc) is 3.25. The molecule has 0 aliphatic carbocycles. The maximum atomic E-state index is 14.1. The summed E-state index contributed by atoms with van der Waals surface area (Å²) in [4.78, 5) is 30.0. The number of nitroso groups, excluding NO2 is 1. The number of nitrogens with zero attached hydrogens (tertiary/aromatic N) is 5. The number of sulfonamides is 1. The van der Waals surface area contributed by atoms with Gasteiger partial charge in [-0.3, -0.25) is 4.79 Å². The molecule has 5 rings (SSSR count). The van der Waals surface area contributed by atoms with Gasteiger partial charge in [0.15, 0.2) is 0 Å². The second-order valence-corrected chi connectivity index (χ2v) is 13.8. The van der Waals surface area contributed by atoms with Crippen molar-refractivity contribution >= 4 is 21.6 Å². The van der Waals surface area contributed by atoms with E-state index >= 15 is 0 Å². The fraction of sp³-hybridized carbons (Fsp3) is 0.741. The van der Waals surface area contributed by atoms with Crippen molar-refractivity contribution in [2.24, 2.45) is 17.8 Å². The second-order valence-electron chi connectivity index (χ2n) is 11.8. The Morgan fingerprint density at radius 2 is 1.52 bits per heavy atom. The molecule has 4 atom stereocenters. The molecule has 9 nitrogen and oxygen atoms in total. The van der Waals surface area contributed by atoms with Crippen LogP contribution in [-0.4, -0.2) is 98.5 Å². The monoisotopic (exact) mass is 586 g/mol. The topological polar surface area (TPSA) is 84.2 Å². The molecule has 1 amide bonds. The number of fused-ring (bicyclic) bond motifs is 1. The fourth-order valence-corrected chi connectivity index (χ4v) is 8.60. The Hall–Kier alpha value is -2.41. The minimum atomic E-state index is -4.81. The van der Waals surface area contributed by atoms with Crippen molar-refractivity contribution in [3.05, 3.63) is 29.2 Å². The van der Waals surface area contributed by atoms with E-state index in [1.165, 1.54) is 14.2 Å². The molecule has 13 heteroatoms. The Morgan fingerprint density at radius 3 is 2.10 bits per heavy atom. The van der Waals surface area contributed by atoms with Crippen molar-refractivity contribution in [2.45, 2.75) is 68.1 Å². The molecule has 4 aliphatic rings. The van der Waals surface area contributed by atoms with Gasteiger partial charge in [0.25, 0.3) is 0 Å². The van der Waals surface area contributed by atoms with Crippen LogP contribution in [0.25, 0.3) is 0 Å². The maximum Gasteiger partial charge on any atom is 0.460 e. The van der Waals surface area contributed by atoms with E-state index < -0.39 is 40.1 Å². The number of carbonyl (C=O) groups excluding carboxylic acids is 1. The molecule has 0 spiro atoms. The Bertz CT molecular complexity index is 1200. The lowest BCUT2D eigenvalue weighted by Gasteiger charge is -2.40. The number of amides is 1. The predicted molar refractivity (Wildman–Crippen MR) is 143 cm³/mol. The Balaban J connectivity index is 1.28. The Labute approximate surface area is 233 Å². The molecule has 4 unspecified atom stereocenters. The highest BCUT2D eigenvalue weighted by Gasteiger charge is 2.71. The van der Waals surface area contributed by atoms with Gasteiger partial charge in [-0.2, -0.15) is 17.5 Å². The van der Waals surface area contributed by atoms with Gasteiger partial charge in [0.05, 0.1) is 16.3 Å². The van der Waals surface area contributed by atoms with E-state index in [4.69, 9.17) is 0 Å². The van der Waals surface area contributed by atoms with Gasteiger partial charge in [0.1, 0.15) is 16.8 Å². The van der Waals surface area contributed by atoms with Gasteiger partial charge in [0, 0.05) is 46.0 Å². The van der Waals surface area contributed by atoms with Crippen molar-refractivity contribution in [3.63, 3.8) is 0 Å². The molecule has 40 heavy (non-hydrogen) atoms. The number of hydrazine groups is 1. The molecule has 4 saturated heterocycles. The van der Waals surface area contributed by atoms with Crippen LogP contribution in [-0.2, 0) is 14.8 Å². The molecule has 4 aliphatic heterocycles. The van der Waals surface area contributed by atoms with Crippen LogP contribution in [0.15, 0.2) is 29.2 Å². The first-order valence-electron chi connectivity index (χ1n) is 14.3. The fourth-order valence-electron chi connectivity index (χ4n) is 7.13. The molecular weight excluding hydrogens is 547 g/mol. The van der Waals surface area contributed by atoms with E-state index in [2.05, 4.69) is 0 Å². The van der Waals surface area contributed by atoms with Gasteiger partial charge >= 0.3 is 12.2 Å². The number of hydrogen-bond acceptors (Lipinski definition) is 5. The number of carbonyl (C=O) groups is 1. The highest BCUT2D eigenvalue weighted by molar-refractivity contribution is 7.89. The molecular formula is C27H39F3N5O4S+. The van der Waals surface area contributed by atoms with Crippen LogP contribution in [0.4, 0.5) is 18.9 Å².